The molecule has 0 N–H and O–H groups in total. The number of hydrogen-bond donors (Lipinski definition) is 0. The molecule has 0 bridgehead atoms. The molecule has 1 unspecified atom stereocenters. The number of piperidine rings is 2. The fourth-order valence-electron chi connectivity index (χ4n) is 4.86. The number of amides is 2. The molecule has 3 saturated heterocycles. The molecule has 2 amide bonds. The first-order chi connectivity index (χ1) is 13.5. The lowest BCUT2D eigenvalue weighted by Crippen LogP contribution is -2.53. The molecular formula is C22H29FN2O3. The largest absolute Gasteiger partial charge is 0.376 e. The molecule has 1 atom stereocenters. The first-order valence-electron chi connectivity index (χ1n) is 10.4. The predicted molar refractivity (Wildman–Crippen MR) is 103 cm³/mol. The molecule has 0 radical (unpaired) electrons. The molecule has 1 spiro atoms. The van der Waals surface area contributed by atoms with Crippen LogP contribution in [0.25, 0.3) is 0 Å². The molecule has 152 valence electrons. The van der Waals surface area contributed by atoms with Crippen LogP contribution in [0.4, 0.5) is 4.39 Å². The van der Waals surface area contributed by atoms with Crippen molar-refractivity contribution in [2.45, 2.75) is 51.6 Å². The Labute approximate surface area is 165 Å². The summed E-state index contributed by atoms with van der Waals surface area (Å²) in [6, 6.07) is 4.56. The van der Waals surface area contributed by atoms with Crippen molar-refractivity contribution in [2.24, 2.45) is 5.41 Å². The van der Waals surface area contributed by atoms with E-state index >= 15 is 0 Å². The van der Waals surface area contributed by atoms with Crippen molar-refractivity contribution in [1.82, 2.24) is 9.80 Å². The Morgan fingerprint density at radius 1 is 1.29 bits per heavy atom. The highest BCUT2D eigenvalue weighted by atomic mass is 19.1. The zero-order valence-corrected chi connectivity index (χ0v) is 16.6. The lowest BCUT2D eigenvalue weighted by Gasteiger charge is -2.47. The average Bonchev–Trinajstić information content (AvgIpc) is 3.20. The van der Waals surface area contributed by atoms with Crippen molar-refractivity contribution in [3.63, 3.8) is 0 Å². The number of benzene rings is 1. The summed E-state index contributed by atoms with van der Waals surface area (Å²) in [5.41, 5.74) is 1.16. The minimum absolute atomic E-state index is 0.0268. The SMILES string of the molecule is Cc1cc(C(=O)N2CCC3(CCC(=O)N(CC4CCCO4)C3)CC2)ccc1F. The summed E-state index contributed by atoms with van der Waals surface area (Å²) >= 11 is 0. The highest BCUT2D eigenvalue weighted by Crippen LogP contribution is 2.40. The van der Waals surface area contributed by atoms with Crippen molar-refractivity contribution in [3.05, 3.63) is 35.1 Å². The Hall–Kier alpha value is -1.95. The van der Waals surface area contributed by atoms with Crippen LogP contribution in [0.15, 0.2) is 18.2 Å². The third-order valence-corrected chi connectivity index (χ3v) is 6.71. The van der Waals surface area contributed by atoms with Crippen molar-refractivity contribution in [1.29, 1.82) is 0 Å². The quantitative estimate of drug-likeness (QED) is 0.799. The predicted octanol–water partition coefficient (Wildman–Crippen LogP) is 3.16. The van der Waals surface area contributed by atoms with E-state index in [2.05, 4.69) is 0 Å². The summed E-state index contributed by atoms with van der Waals surface area (Å²) in [6.07, 6.45) is 5.63. The van der Waals surface area contributed by atoms with E-state index < -0.39 is 0 Å². The maximum atomic E-state index is 13.5. The fourth-order valence-corrected chi connectivity index (χ4v) is 4.86. The second kappa shape index (κ2) is 7.82. The summed E-state index contributed by atoms with van der Waals surface area (Å²) in [6.45, 7) is 5.35. The van der Waals surface area contributed by atoms with E-state index in [1.54, 1.807) is 19.1 Å². The molecule has 3 aliphatic rings. The number of carbonyl (C=O) groups is 2. The number of nitrogens with zero attached hydrogens (tertiary/aromatic N) is 2. The molecule has 1 aromatic carbocycles. The third kappa shape index (κ3) is 3.93. The molecule has 0 saturated carbocycles. The first kappa shape index (κ1) is 19.4. The first-order valence-corrected chi connectivity index (χ1v) is 10.4. The highest BCUT2D eigenvalue weighted by molar-refractivity contribution is 5.94. The number of halogens is 1. The maximum Gasteiger partial charge on any atom is 0.253 e. The zero-order valence-electron chi connectivity index (χ0n) is 16.6. The number of aryl methyl sites for hydroxylation is 1. The minimum Gasteiger partial charge on any atom is -0.376 e. The molecule has 4 rings (SSSR count). The third-order valence-electron chi connectivity index (χ3n) is 6.71. The van der Waals surface area contributed by atoms with Crippen LogP contribution < -0.4 is 0 Å². The lowest BCUT2D eigenvalue weighted by molar-refractivity contribution is -0.141. The van der Waals surface area contributed by atoms with Gasteiger partial charge in [0.1, 0.15) is 5.82 Å². The van der Waals surface area contributed by atoms with E-state index in [1.165, 1.54) is 6.07 Å². The summed E-state index contributed by atoms with van der Waals surface area (Å²) in [4.78, 5) is 29.1. The van der Waals surface area contributed by atoms with Gasteiger partial charge in [0.05, 0.1) is 6.10 Å². The van der Waals surface area contributed by atoms with E-state index in [0.29, 0.717) is 37.2 Å². The van der Waals surface area contributed by atoms with Gasteiger partial charge in [-0.3, -0.25) is 9.59 Å². The molecule has 6 heteroatoms. The molecular weight excluding hydrogens is 359 g/mol. The topological polar surface area (TPSA) is 49.9 Å². The Bertz CT molecular complexity index is 752. The molecule has 0 aliphatic carbocycles. The summed E-state index contributed by atoms with van der Waals surface area (Å²) in [7, 11) is 0. The van der Waals surface area contributed by atoms with Gasteiger partial charge in [0.2, 0.25) is 5.91 Å². The van der Waals surface area contributed by atoms with Crippen LogP contribution in [0.5, 0.6) is 0 Å². The summed E-state index contributed by atoms with van der Waals surface area (Å²) in [5.74, 6) is -0.0742. The van der Waals surface area contributed by atoms with Gasteiger partial charge in [-0.1, -0.05) is 0 Å². The smallest absolute Gasteiger partial charge is 0.253 e. The van der Waals surface area contributed by atoms with Gasteiger partial charge >= 0.3 is 0 Å². The Kier molecular flexibility index (Phi) is 5.41. The Morgan fingerprint density at radius 3 is 2.75 bits per heavy atom. The number of ether oxygens (including phenoxy) is 1. The second-order valence-corrected chi connectivity index (χ2v) is 8.67. The van der Waals surface area contributed by atoms with Crippen LogP contribution in [0.2, 0.25) is 0 Å². The van der Waals surface area contributed by atoms with E-state index in [-0.39, 0.29) is 29.2 Å². The molecule has 3 heterocycles. The van der Waals surface area contributed by atoms with E-state index in [4.69, 9.17) is 4.74 Å². The normalized spacial score (nSPS) is 24.8. The van der Waals surface area contributed by atoms with Gasteiger partial charge < -0.3 is 14.5 Å². The second-order valence-electron chi connectivity index (χ2n) is 8.67. The number of likely N-dealkylation sites (tertiary alicyclic amines) is 2. The molecule has 0 aromatic heterocycles. The number of carbonyl (C=O) groups excluding carboxylic acids is 2. The van der Waals surface area contributed by atoms with Gasteiger partial charge in [-0.15, -0.1) is 0 Å². The average molecular weight is 388 g/mol. The van der Waals surface area contributed by atoms with E-state index in [9.17, 15) is 14.0 Å². The standard InChI is InChI=1S/C22H29FN2O3/c1-16-13-17(4-5-19(16)23)21(27)24-10-8-22(9-11-24)7-6-20(26)25(15-22)14-18-3-2-12-28-18/h4-5,13,18H,2-3,6-12,14-15H2,1H3. The van der Waals surface area contributed by atoms with Crippen molar-refractivity contribution < 1.29 is 18.7 Å². The van der Waals surface area contributed by atoms with Crippen LogP contribution >= 0.6 is 0 Å². The molecule has 3 aliphatic heterocycles. The Balaban J connectivity index is 1.37. The molecule has 28 heavy (non-hydrogen) atoms. The van der Waals surface area contributed by atoms with Gasteiger partial charge in [-0.05, 0) is 68.2 Å². The molecule has 3 fully saturated rings. The van der Waals surface area contributed by atoms with Crippen LogP contribution in [-0.4, -0.2) is 60.5 Å². The van der Waals surface area contributed by atoms with Gasteiger partial charge in [0, 0.05) is 44.8 Å². The molecule has 1 aromatic rings. The Morgan fingerprint density at radius 2 is 2.07 bits per heavy atom. The minimum atomic E-state index is -0.285. The van der Waals surface area contributed by atoms with Crippen LogP contribution in [0.1, 0.15) is 54.4 Å². The van der Waals surface area contributed by atoms with Gasteiger partial charge in [-0.25, -0.2) is 4.39 Å². The lowest BCUT2D eigenvalue weighted by atomic mass is 9.72. The van der Waals surface area contributed by atoms with Crippen molar-refractivity contribution in [2.75, 3.05) is 32.8 Å². The van der Waals surface area contributed by atoms with E-state index in [1.807, 2.05) is 9.80 Å². The molecule has 5 nitrogen and oxygen atoms in total. The number of hydrogen-bond acceptors (Lipinski definition) is 3. The zero-order chi connectivity index (χ0) is 19.7. The number of rotatable bonds is 3. The van der Waals surface area contributed by atoms with Gasteiger partial charge in [-0.2, -0.15) is 0 Å². The maximum absolute atomic E-state index is 13.5. The van der Waals surface area contributed by atoms with Crippen molar-refractivity contribution in [3.8, 4) is 0 Å². The summed E-state index contributed by atoms with van der Waals surface area (Å²) < 4.78 is 19.2. The highest BCUT2D eigenvalue weighted by Gasteiger charge is 2.42. The van der Waals surface area contributed by atoms with Gasteiger partial charge in [0.15, 0.2) is 0 Å². The van der Waals surface area contributed by atoms with Crippen LogP contribution in [0, 0.1) is 18.2 Å². The monoisotopic (exact) mass is 388 g/mol. The summed E-state index contributed by atoms with van der Waals surface area (Å²) in [5, 5.41) is 0. The van der Waals surface area contributed by atoms with Crippen LogP contribution in [0.3, 0.4) is 0 Å². The van der Waals surface area contributed by atoms with E-state index in [0.717, 1.165) is 45.3 Å². The van der Waals surface area contributed by atoms with Gasteiger partial charge in [0.25, 0.3) is 5.91 Å². The van der Waals surface area contributed by atoms with Crippen molar-refractivity contribution >= 4 is 11.8 Å². The van der Waals surface area contributed by atoms with Crippen LogP contribution in [-0.2, 0) is 9.53 Å². The fraction of sp³-hybridized carbons (Fsp3) is 0.636.